The molecule has 4 heteroatoms. The first-order chi connectivity index (χ1) is 16.2. The van der Waals surface area contributed by atoms with E-state index in [9.17, 15) is 4.79 Å². The second-order valence-corrected chi connectivity index (χ2v) is 10.3. The molecule has 3 fully saturated rings. The normalized spacial score (nSPS) is 21.1. The number of nitrogens with one attached hydrogen (secondary N) is 1. The minimum absolute atomic E-state index is 0. The van der Waals surface area contributed by atoms with Crippen molar-refractivity contribution in [3.05, 3.63) is 90.0 Å². The van der Waals surface area contributed by atoms with Crippen molar-refractivity contribution in [2.75, 3.05) is 18.4 Å². The maximum Gasteiger partial charge on any atom is 0.255 e. The number of nitrogens with zero attached hydrogens (tertiary/aromatic N) is 1. The van der Waals surface area contributed by atoms with E-state index in [-0.39, 0.29) is 18.3 Å². The summed E-state index contributed by atoms with van der Waals surface area (Å²) in [5.74, 6) is 2.53. The third-order valence-corrected chi connectivity index (χ3v) is 7.46. The fraction of sp³-hybridized carbons (Fsp3) is 0.367. The fourth-order valence-electron chi connectivity index (χ4n) is 5.01. The number of carbonyl (C=O) groups excluding carboxylic acids is 1. The number of hydrogen-bond donors (Lipinski definition) is 1. The molecule has 0 saturated heterocycles. The van der Waals surface area contributed by atoms with Crippen LogP contribution in [0.3, 0.4) is 0 Å². The average molecular weight is 473 g/mol. The average Bonchev–Trinajstić information content (AvgIpc) is 3.70. The Morgan fingerprint density at radius 1 is 0.765 bits per heavy atom. The summed E-state index contributed by atoms with van der Waals surface area (Å²) >= 11 is 0. The second-order valence-electron chi connectivity index (χ2n) is 10.3. The first-order valence-electron chi connectivity index (χ1n) is 12.5. The zero-order chi connectivity index (χ0) is 22.2. The van der Waals surface area contributed by atoms with E-state index >= 15 is 0 Å². The molecule has 3 nitrogen and oxygen atoms in total. The summed E-state index contributed by atoms with van der Waals surface area (Å²) in [6.07, 6.45) is 7.02. The minimum Gasteiger partial charge on any atom is -0.322 e. The van der Waals surface area contributed by atoms with Gasteiger partial charge in [-0.25, -0.2) is 0 Å². The van der Waals surface area contributed by atoms with Crippen LogP contribution in [0, 0.1) is 11.8 Å². The Kier molecular flexibility index (Phi) is 6.76. The fourth-order valence-corrected chi connectivity index (χ4v) is 5.01. The van der Waals surface area contributed by atoms with Gasteiger partial charge in [-0.3, -0.25) is 9.69 Å². The molecule has 0 radical (unpaired) electrons. The van der Waals surface area contributed by atoms with Crippen LogP contribution in [0.25, 0.3) is 11.1 Å². The highest BCUT2D eigenvalue weighted by Crippen LogP contribution is 2.47. The van der Waals surface area contributed by atoms with Gasteiger partial charge in [0.15, 0.2) is 0 Å². The van der Waals surface area contributed by atoms with Crippen LogP contribution < -0.4 is 5.32 Å². The van der Waals surface area contributed by atoms with Gasteiger partial charge in [0.25, 0.3) is 5.91 Å². The molecule has 3 aromatic carbocycles. The van der Waals surface area contributed by atoms with Crippen LogP contribution in [0.15, 0.2) is 78.9 Å². The number of rotatable bonds is 9. The zero-order valence-corrected chi connectivity index (χ0v) is 20.3. The third-order valence-electron chi connectivity index (χ3n) is 7.46. The molecule has 2 unspecified atom stereocenters. The Labute approximate surface area is 209 Å². The lowest BCUT2D eigenvalue weighted by atomic mass is 10.0. The predicted octanol–water partition coefficient (Wildman–Crippen LogP) is 7.01. The molecule has 6 rings (SSSR count). The SMILES string of the molecule is Cl.O=C(Nc1ccc(C2CC2N(CC2CC2)CC2CC2)cc1)c1ccc(-c2ccccc2)cc1. The number of hydrogen-bond acceptors (Lipinski definition) is 2. The Balaban J connectivity index is 0.00000241. The van der Waals surface area contributed by atoms with E-state index < -0.39 is 0 Å². The van der Waals surface area contributed by atoms with E-state index in [0.717, 1.165) is 34.7 Å². The molecule has 176 valence electrons. The van der Waals surface area contributed by atoms with Gasteiger partial charge >= 0.3 is 0 Å². The molecule has 0 bridgehead atoms. The molecule has 3 aliphatic carbocycles. The molecule has 34 heavy (non-hydrogen) atoms. The first kappa shape index (κ1) is 23.1. The van der Waals surface area contributed by atoms with Crippen molar-refractivity contribution in [2.24, 2.45) is 11.8 Å². The topological polar surface area (TPSA) is 32.3 Å². The van der Waals surface area contributed by atoms with Crippen molar-refractivity contribution in [3.63, 3.8) is 0 Å². The largest absolute Gasteiger partial charge is 0.322 e. The van der Waals surface area contributed by atoms with Crippen LogP contribution >= 0.6 is 12.4 Å². The quantitative estimate of drug-likeness (QED) is 0.363. The van der Waals surface area contributed by atoms with E-state index in [0.29, 0.717) is 11.5 Å². The summed E-state index contributed by atoms with van der Waals surface area (Å²) in [6.45, 7) is 2.63. The molecule has 3 aromatic rings. The molecular formula is C30H33ClN2O. The standard InChI is InChI=1S/C30H32N2O.ClH/c33-30(26-12-10-24(11-13-26)23-4-2-1-3-5-23)31-27-16-14-25(15-17-27)28-18-29(28)32(19-21-6-7-21)20-22-8-9-22;/h1-5,10-17,21-22,28-29H,6-9,18-20H2,(H,31,33);1H. The summed E-state index contributed by atoms with van der Waals surface area (Å²) in [7, 11) is 0. The minimum atomic E-state index is -0.0632. The third kappa shape index (κ3) is 5.54. The number of benzene rings is 3. The van der Waals surface area contributed by atoms with Crippen LogP contribution in [-0.2, 0) is 0 Å². The van der Waals surface area contributed by atoms with Gasteiger partial charge in [-0.2, -0.15) is 0 Å². The number of halogens is 1. The summed E-state index contributed by atoms with van der Waals surface area (Å²) in [5.41, 5.74) is 5.23. The Bertz CT molecular complexity index is 1090. The predicted molar refractivity (Wildman–Crippen MR) is 142 cm³/mol. The lowest BCUT2D eigenvalue weighted by molar-refractivity contribution is 0.102. The van der Waals surface area contributed by atoms with Crippen LogP contribution in [0.4, 0.5) is 5.69 Å². The summed E-state index contributed by atoms with van der Waals surface area (Å²) in [5, 5.41) is 3.06. The maximum absolute atomic E-state index is 12.7. The summed E-state index contributed by atoms with van der Waals surface area (Å²) in [6, 6.07) is 27.3. The van der Waals surface area contributed by atoms with Gasteiger partial charge in [-0.1, -0.05) is 54.6 Å². The van der Waals surface area contributed by atoms with E-state index in [1.165, 1.54) is 50.8 Å². The highest BCUT2D eigenvalue weighted by molar-refractivity contribution is 6.04. The van der Waals surface area contributed by atoms with Crippen LogP contribution in [0.1, 0.15) is 53.9 Å². The molecule has 1 amide bonds. The Hall–Kier alpha value is -2.62. The molecule has 0 heterocycles. The maximum atomic E-state index is 12.7. The molecule has 3 aliphatic rings. The van der Waals surface area contributed by atoms with Crippen molar-refractivity contribution in [3.8, 4) is 11.1 Å². The second kappa shape index (κ2) is 9.93. The van der Waals surface area contributed by atoms with Gasteiger partial charge in [-0.05, 0) is 84.9 Å². The van der Waals surface area contributed by atoms with Crippen molar-refractivity contribution >= 4 is 24.0 Å². The Morgan fingerprint density at radius 3 is 1.94 bits per heavy atom. The number of anilines is 1. The smallest absolute Gasteiger partial charge is 0.255 e. The van der Waals surface area contributed by atoms with Gasteiger partial charge < -0.3 is 5.32 Å². The van der Waals surface area contributed by atoms with Crippen LogP contribution in [-0.4, -0.2) is 29.9 Å². The van der Waals surface area contributed by atoms with Gasteiger partial charge in [0.05, 0.1) is 0 Å². The molecule has 0 aromatic heterocycles. The monoisotopic (exact) mass is 472 g/mol. The zero-order valence-electron chi connectivity index (χ0n) is 19.5. The molecular weight excluding hydrogens is 440 g/mol. The highest BCUT2D eigenvalue weighted by atomic mass is 35.5. The summed E-state index contributed by atoms with van der Waals surface area (Å²) in [4.78, 5) is 15.5. The van der Waals surface area contributed by atoms with Gasteiger partial charge in [0.2, 0.25) is 0 Å². The lowest BCUT2D eigenvalue weighted by Gasteiger charge is -2.22. The van der Waals surface area contributed by atoms with Crippen molar-refractivity contribution in [1.29, 1.82) is 0 Å². The van der Waals surface area contributed by atoms with Gasteiger partial charge in [-0.15, -0.1) is 12.4 Å². The molecule has 0 spiro atoms. The van der Waals surface area contributed by atoms with E-state index in [1.54, 1.807) is 0 Å². The van der Waals surface area contributed by atoms with Crippen LogP contribution in [0.5, 0.6) is 0 Å². The number of carbonyl (C=O) groups is 1. The molecule has 1 N–H and O–H groups in total. The molecule has 0 aliphatic heterocycles. The summed E-state index contributed by atoms with van der Waals surface area (Å²) < 4.78 is 0. The lowest BCUT2D eigenvalue weighted by Crippen LogP contribution is -2.31. The molecule has 2 atom stereocenters. The first-order valence-corrected chi connectivity index (χ1v) is 12.5. The van der Waals surface area contributed by atoms with Gasteiger partial charge in [0, 0.05) is 36.3 Å². The number of amides is 1. The van der Waals surface area contributed by atoms with Crippen molar-refractivity contribution in [2.45, 2.75) is 44.1 Å². The van der Waals surface area contributed by atoms with Crippen molar-refractivity contribution in [1.82, 2.24) is 4.90 Å². The molecule has 3 saturated carbocycles. The van der Waals surface area contributed by atoms with Gasteiger partial charge in [0.1, 0.15) is 0 Å². The van der Waals surface area contributed by atoms with Crippen LogP contribution in [0.2, 0.25) is 0 Å². The van der Waals surface area contributed by atoms with E-state index in [1.807, 2.05) is 42.5 Å². The Morgan fingerprint density at radius 2 is 1.35 bits per heavy atom. The van der Waals surface area contributed by atoms with E-state index in [4.69, 9.17) is 0 Å². The highest BCUT2D eigenvalue weighted by Gasteiger charge is 2.45. The van der Waals surface area contributed by atoms with Crippen molar-refractivity contribution < 1.29 is 4.79 Å². The van der Waals surface area contributed by atoms with E-state index in [2.05, 4.69) is 46.6 Å².